The van der Waals surface area contributed by atoms with Crippen LogP contribution in [0.3, 0.4) is 0 Å². The zero-order valence-corrected chi connectivity index (χ0v) is 17.2. The number of carbonyl (C=O) groups excluding carboxylic acids is 2. The average molecular weight is 422 g/mol. The Kier molecular flexibility index (Phi) is 5.88. The fourth-order valence-electron chi connectivity index (χ4n) is 3.42. The standard InChI is InChI=1S/C23H22N2O6/c1-3-11-25-20(22(26)31-23(25)27)16-9-10-18(19(12-16)28-2)29-13-17-14-30-21(24-17)15-7-5-4-6-8-15/h4-10,12,14,20H,3,11,13H2,1-2H3. The predicted octanol–water partition coefficient (Wildman–Crippen LogP) is 4.36. The molecule has 0 N–H and O–H groups in total. The van der Waals surface area contributed by atoms with Gasteiger partial charge in [-0.05, 0) is 36.2 Å². The minimum atomic E-state index is -0.792. The Hall–Kier alpha value is -3.81. The fraction of sp³-hybridized carbons (Fsp3) is 0.261. The van der Waals surface area contributed by atoms with E-state index in [-0.39, 0.29) is 6.61 Å². The first-order valence-electron chi connectivity index (χ1n) is 9.93. The molecule has 1 unspecified atom stereocenters. The molecule has 8 nitrogen and oxygen atoms in total. The van der Waals surface area contributed by atoms with Crippen molar-refractivity contribution in [2.75, 3.05) is 13.7 Å². The van der Waals surface area contributed by atoms with Crippen LogP contribution in [0.25, 0.3) is 11.5 Å². The molecule has 31 heavy (non-hydrogen) atoms. The van der Waals surface area contributed by atoms with E-state index in [4.69, 9.17) is 18.6 Å². The number of nitrogens with zero attached hydrogens (tertiary/aromatic N) is 2. The third-order valence-corrected chi connectivity index (χ3v) is 4.87. The van der Waals surface area contributed by atoms with E-state index >= 15 is 0 Å². The van der Waals surface area contributed by atoms with Crippen LogP contribution < -0.4 is 9.47 Å². The fourth-order valence-corrected chi connectivity index (χ4v) is 3.42. The molecule has 0 aliphatic carbocycles. The highest BCUT2D eigenvalue weighted by molar-refractivity contribution is 5.96. The molecule has 0 radical (unpaired) electrons. The first kappa shape index (κ1) is 20.5. The van der Waals surface area contributed by atoms with Crippen molar-refractivity contribution >= 4 is 12.1 Å². The smallest absolute Gasteiger partial charge is 0.418 e. The average Bonchev–Trinajstić information content (AvgIpc) is 3.37. The van der Waals surface area contributed by atoms with Crippen LogP contribution in [-0.4, -0.2) is 35.6 Å². The molecule has 4 rings (SSSR count). The van der Waals surface area contributed by atoms with Gasteiger partial charge in [-0.25, -0.2) is 14.6 Å². The van der Waals surface area contributed by atoms with Gasteiger partial charge in [0.05, 0.1) is 7.11 Å². The van der Waals surface area contributed by atoms with Crippen LogP contribution in [0, 0.1) is 0 Å². The summed E-state index contributed by atoms with van der Waals surface area (Å²) in [7, 11) is 1.51. The number of hydrogen-bond donors (Lipinski definition) is 0. The lowest BCUT2D eigenvalue weighted by molar-refractivity contribution is -0.136. The van der Waals surface area contributed by atoms with Crippen molar-refractivity contribution in [3.8, 4) is 23.0 Å². The maximum Gasteiger partial charge on any atom is 0.418 e. The van der Waals surface area contributed by atoms with E-state index in [0.29, 0.717) is 41.6 Å². The van der Waals surface area contributed by atoms with Gasteiger partial charge in [0.15, 0.2) is 17.5 Å². The van der Waals surface area contributed by atoms with Gasteiger partial charge in [0, 0.05) is 12.1 Å². The Bertz CT molecular complexity index is 1080. The molecular formula is C23H22N2O6. The topological polar surface area (TPSA) is 91.1 Å². The van der Waals surface area contributed by atoms with Gasteiger partial charge in [0.2, 0.25) is 5.89 Å². The number of cyclic esters (lactones) is 2. The van der Waals surface area contributed by atoms with E-state index in [2.05, 4.69) is 4.98 Å². The van der Waals surface area contributed by atoms with Crippen molar-refractivity contribution in [1.29, 1.82) is 0 Å². The van der Waals surface area contributed by atoms with E-state index in [1.54, 1.807) is 24.5 Å². The van der Waals surface area contributed by atoms with Crippen molar-refractivity contribution < 1.29 is 28.2 Å². The number of hydrogen-bond acceptors (Lipinski definition) is 7. The Labute approximate surface area is 179 Å². The maximum absolute atomic E-state index is 12.2. The van der Waals surface area contributed by atoms with E-state index in [9.17, 15) is 9.59 Å². The molecule has 1 atom stereocenters. The first-order valence-corrected chi connectivity index (χ1v) is 9.93. The second-order valence-electron chi connectivity index (χ2n) is 6.99. The minimum absolute atomic E-state index is 0.179. The monoisotopic (exact) mass is 422 g/mol. The van der Waals surface area contributed by atoms with Gasteiger partial charge < -0.3 is 18.6 Å². The lowest BCUT2D eigenvalue weighted by Crippen LogP contribution is -2.29. The summed E-state index contributed by atoms with van der Waals surface area (Å²) < 4.78 is 21.6. The lowest BCUT2D eigenvalue weighted by atomic mass is 10.1. The highest BCUT2D eigenvalue weighted by Gasteiger charge is 2.41. The highest BCUT2D eigenvalue weighted by Crippen LogP contribution is 2.35. The van der Waals surface area contributed by atoms with Crippen molar-refractivity contribution in [3.63, 3.8) is 0 Å². The van der Waals surface area contributed by atoms with Gasteiger partial charge in [-0.15, -0.1) is 0 Å². The van der Waals surface area contributed by atoms with E-state index in [1.165, 1.54) is 12.0 Å². The largest absolute Gasteiger partial charge is 0.493 e. The summed E-state index contributed by atoms with van der Waals surface area (Å²) in [5.74, 6) is 0.843. The normalized spacial score (nSPS) is 15.8. The summed E-state index contributed by atoms with van der Waals surface area (Å²) in [5.41, 5.74) is 2.11. The van der Waals surface area contributed by atoms with Crippen LogP contribution >= 0.6 is 0 Å². The van der Waals surface area contributed by atoms with Crippen LogP contribution in [0.15, 0.2) is 59.2 Å². The summed E-state index contributed by atoms with van der Waals surface area (Å²) >= 11 is 0. The highest BCUT2D eigenvalue weighted by atomic mass is 16.6. The molecule has 3 aromatic rings. The number of carbonyl (C=O) groups is 2. The van der Waals surface area contributed by atoms with Gasteiger partial charge >= 0.3 is 12.1 Å². The van der Waals surface area contributed by atoms with Crippen LogP contribution in [0.1, 0.15) is 30.6 Å². The van der Waals surface area contributed by atoms with Crippen LogP contribution in [0.5, 0.6) is 11.5 Å². The Morgan fingerprint density at radius 1 is 1.10 bits per heavy atom. The van der Waals surface area contributed by atoms with E-state index < -0.39 is 18.1 Å². The Balaban J connectivity index is 1.49. The zero-order chi connectivity index (χ0) is 21.8. The van der Waals surface area contributed by atoms with Crippen LogP contribution in [0.4, 0.5) is 4.79 Å². The molecule has 160 valence electrons. The predicted molar refractivity (Wildman–Crippen MR) is 110 cm³/mol. The zero-order valence-electron chi connectivity index (χ0n) is 17.2. The maximum atomic E-state index is 12.2. The van der Waals surface area contributed by atoms with E-state index in [0.717, 1.165) is 5.56 Å². The number of ether oxygens (including phenoxy) is 3. The second kappa shape index (κ2) is 8.91. The SMILES string of the molecule is CCCN1C(=O)OC(=O)C1c1ccc(OCc2coc(-c3ccccc3)n2)c(OC)c1. The minimum Gasteiger partial charge on any atom is -0.493 e. The molecule has 1 fully saturated rings. The molecule has 0 spiro atoms. The van der Waals surface area contributed by atoms with Gasteiger partial charge in [0.1, 0.15) is 18.6 Å². The molecule has 1 aromatic heterocycles. The van der Waals surface area contributed by atoms with E-state index in [1.807, 2.05) is 37.3 Å². The number of esters is 1. The number of amides is 1. The third kappa shape index (κ3) is 4.23. The molecule has 1 saturated heterocycles. The molecule has 1 aliphatic heterocycles. The molecule has 2 aromatic carbocycles. The molecule has 0 bridgehead atoms. The molecule has 0 saturated carbocycles. The summed E-state index contributed by atoms with van der Waals surface area (Å²) in [6, 6.07) is 13.9. The quantitative estimate of drug-likeness (QED) is 0.393. The molecule has 2 heterocycles. The summed E-state index contributed by atoms with van der Waals surface area (Å²) in [6.07, 6.45) is 1.63. The third-order valence-electron chi connectivity index (χ3n) is 4.87. The summed E-state index contributed by atoms with van der Waals surface area (Å²) in [5, 5.41) is 0. The molecule has 1 aliphatic rings. The lowest BCUT2D eigenvalue weighted by Gasteiger charge is -2.20. The number of rotatable bonds is 8. The summed E-state index contributed by atoms with van der Waals surface area (Å²) in [6.45, 7) is 2.53. The first-order chi connectivity index (χ1) is 15.1. The molecule has 1 amide bonds. The molecular weight excluding hydrogens is 400 g/mol. The second-order valence-corrected chi connectivity index (χ2v) is 6.99. The van der Waals surface area contributed by atoms with Gasteiger partial charge in [-0.2, -0.15) is 0 Å². The van der Waals surface area contributed by atoms with Crippen molar-refractivity contribution in [2.45, 2.75) is 26.0 Å². The van der Waals surface area contributed by atoms with Gasteiger partial charge in [-0.1, -0.05) is 31.2 Å². The number of benzene rings is 2. The van der Waals surface area contributed by atoms with Gasteiger partial charge in [-0.3, -0.25) is 4.90 Å². The van der Waals surface area contributed by atoms with Crippen molar-refractivity contribution in [1.82, 2.24) is 9.88 Å². The summed E-state index contributed by atoms with van der Waals surface area (Å²) in [4.78, 5) is 30.0. The number of aromatic nitrogens is 1. The number of methoxy groups -OCH3 is 1. The Morgan fingerprint density at radius 3 is 2.65 bits per heavy atom. The van der Waals surface area contributed by atoms with Gasteiger partial charge in [0.25, 0.3) is 0 Å². The van der Waals surface area contributed by atoms with Crippen molar-refractivity contribution in [2.24, 2.45) is 0 Å². The molecule has 8 heteroatoms. The van der Waals surface area contributed by atoms with Crippen LogP contribution in [0.2, 0.25) is 0 Å². The number of oxazole rings is 1. The van der Waals surface area contributed by atoms with Crippen LogP contribution in [-0.2, 0) is 16.1 Å². The Morgan fingerprint density at radius 2 is 1.90 bits per heavy atom. The van der Waals surface area contributed by atoms with Crippen molar-refractivity contribution in [3.05, 3.63) is 66.1 Å².